The second-order valence-electron chi connectivity index (χ2n) is 8.78. The summed E-state index contributed by atoms with van der Waals surface area (Å²) in [6, 6.07) is 14.1. The van der Waals surface area contributed by atoms with E-state index in [0.29, 0.717) is 29.4 Å². The first-order valence-electron chi connectivity index (χ1n) is 11.1. The number of fused-ring (bicyclic) bond motifs is 1. The number of hydrogen-bond acceptors (Lipinski definition) is 6. The lowest BCUT2D eigenvalue weighted by atomic mass is 9.93. The molecule has 0 aromatic heterocycles. The Hall–Kier alpha value is -2.86. The molecule has 1 unspecified atom stereocenters. The third-order valence-electron chi connectivity index (χ3n) is 5.75. The number of phenolic OH excluding ortho intramolecular Hbond substituents is 1. The molecule has 1 aliphatic heterocycles. The third kappa shape index (κ3) is 6.43. The van der Waals surface area contributed by atoms with Gasteiger partial charge in [0, 0.05) is 6.07 Å². The van der Waals surface area contributed by atoms with Crippen molar-refractivity contribution in [1.82, 2.24) is 0 Å². The van der Waals surface area contributed by atoms with Gasteiger partial charge in [0.25, 0.3) is 0 Å². The van der Waals surface area contributed by atoms with Crippen molar-refractivity contribution in [2.45, 2.75) is 40.0 Å². The second-order valence-corrected chi connectivity index (χ2v) is 10.5. The lowest BCUT2D eigenvalue weighted by molar-refractivity contribution is 0.174. The van der Waals surface area contributed by atoms with Gasteiger partial charge in [-0.05, 0) is 84.3 Å². The van der Waals surface area contributed by atoms with Gasteiger partial charge in [0.15, 0.2) is 17.8 Å². The highest BCUT2D eigenvalue weighted by atomic mass is 35.5. The molecule has 1 aliphatic rings. The van der Waals surface area contributed by atoms with Gasteiger partial charge in [-0.3, -0.25) is 0 Å². The fourth-order valence-corrected chi connectivity index (χ4v) is 4.79. The Bertz CT molecular complexity index is 1240. The summed E-state index contributed by atoms with van der Waals surface area (Å²) in [6.07, 6.45) is 0.221. The van der Waals surface area contributed by atoms with Crippen molar-refractivity contribution >= 4 is 20.0 Å². The number of ether oxygens (including phenoxy) is 3. The predicted molar refractivity (Wildman–Crippen MR) is 137 cm³/mol. The molecule has 0 aliphatic carbocycles. The first-order valence-corrected chi connectivity index (χ1v) is 12.8. The standard InChI is InChI=1S/C26H29O7P.ClH/c1-16(2)22-11-19(5-7-24(22)27)12-23-17(3)9-21(10-18(23)4)32-15-34(28,29)33-20-6-8-25-26(13-20)31-14-30-25;/h5-11,13,16,27H,12,14-15H2,1-4H3,(H,28,29);1H. The molecule has 1 atom stereocenters. The molecule has 3 aromatic rings. The topological polar surface area (TPSA) is 94.5 Å². The van der Waals surface area contributed by atoms with E-state index < -0.39 is 13.9 Å². The Labute approximate surface area is 211 Å². The van der Waals surface area contributed by atoms with Crippen LogP contribution in [0.3, 0.4) is 0 Å². The molecule has 0 bridgehead atoms. The molecule has 0 fully saturated rings. The van der Waals surface area contributed by atoms with Crippen LogP contribution in [-0.4, -0.2) is 23.1 Å². The van der Waals surface area contributed by atoms with Crippen molar-refractivity contribution in [1.29, 1.82) is 0 Å². The summed E-state index contributed by atoms with van der Waals surface area (Å²) in [5.74, 6) is 2.27. The van der Waals surface area contributed by atoms with Crippen molar-refractivity contribution in [2.75, 3.05) is 13.1 Å². The Morgan fingerprint density at radius 2 is 1.66 bits per heavy atom. The van der Waals surface area contributed by atoms with Gasteiger partial charge >= 0.3 is 7.60 Å². The van der Waals surface area contributed by atoms with Crippen molar-refractivity contribution in [3.63, 3.8) is 0 Å². The van der Waals surface area contributed by atoms with E-state index in [9.17, 15) is 14.6 Å². The van der Waals surface area contributed by atoms with E-state index in [-0.39, 0.29) is 30.9 Å². The van der Waals surface area contributed by atoms with E-state index in [2.05, 4.69) is 13.8 Å². The molecule has 7 nitrogen and oxygen atoms in total. The average Bonchev–Trinajstić information content (AvgIpc) is 3.23. The molecule has 3 aromatic carbocycles. The van der Waals surface area contributed by atoms with Gasteiger partial charge in [-0.25, -0.2) is 4.57 Å². The summed E-state index contributed by atoms with van der Waals surface area (Å²) < 4.78 is 34.0. The van der Waals surface area contributed by atoms with Gasteiger partial charge in [-0.1, -0.05) is 26.0 Å². The van der Waals surface area contributed by atoms with Gasteiger partial charge < -0.3 is 28.7 Å². The number of hydrogen-bond donors (Lipinski definition) is 2. The maximum absolute atomic E-state index is 12.6. The zero-order valence-electron chi connectivity index (χ0n) is 20.1. The zero-order valence-corrected chi connectivity index (χ0v) is 21.8. The van der Waals surface area contributed by atoms with Gasteiger partial charge in [-0.15, -0.1) is 12.4 Å². The van der Waals surface area contributed by atoms with Crippen LogP contribution in [0.2, 0.25) is 0 Å². The lowest BCUT2D eigenvalue weighted by Crippen LogP contribution is -2.05. The van der Waals surface area contributed by atoms with Crippen LogP contribution in [0, 0.1) is 13.8 Å². The third-order valence-corrected chi connectivity index (χ3v) is 6.70. The molecular weight excluding hydrogens is 491 g/mol. The van der Waals surface area contributed by atoms with Gasteiger partial charge in [-0.2, -0.15) is 0 Å². The minimum Gasteiger partial charge on any atom is -0.508 e. The summed E-state index contributed by atoms with van der Waals surface area (Å²) in [6.45, 7) is 8.19. The minimum absolute atomic E-state index is 0. The first-order chi connectivity index (χ1) is 16.1. The Balaban J connectivity index is 0.00000342. The SMILES string of the molecule is Cc1cc(OCP(=O)(O)Oc2ccc3c(c2)OCO3)cc(C)c1Cc1ccc(O)c(C(C)C)c1.Cl. The highest BCUT2D eigenvalue weighted by Crippen LogP contribution is 2.45. The summed E-state index contributed by atoms with van der Waals surface area (Å²) in [5, 5.41) is 10.1. The normalized spacial score (nSPS) is 13.8. The van der Waals surface area contributed by atoms with Crippen molar-refractivity contribution in [3.8, 4) is 28.7 Å². The number of rotatable bonds is 8. The van der Waals surface area contributed by atoms with Gasteiger partial charge in [0.2, 0.25) is 6.79 Å². The average molecular weight is 521 g/mol. The number of benzene rings is 3. The molecule has 0 saturated carbocycles. The van der Waals surface area contributed by atoms with Crippen molar-refractivity contribution in [3.05, 3.63) is 76.3 Å². The zero-order chi connectivity index (χ0) is 24.5. The molecule has 1 heterocycles. The maximum Gasteiger partial charge on any atom is 0.413 e. The Morgan fingerprint density at radius 3 is 2.34 bits per heavy atom. The maximum atomic E-state index is 12.6. The molecule has 0 spiro atoms. The first kappa shape index (κ1) is 26.7. The predicted octanol–water partition coefficient (Wildman–Crippen LogP) is 6.47. The highest BCUT2D eigenvalue weighted by Gasteiger charge is 2.24. The van der Waals surface area contributed by atoms with E-state index >= 15 is 0 Å². The fourth-order valence-electron chi connectivity index (χ4n) is 3.98. The molecular formula is C26H30ClO7P. The fraction of sp³-hybridized carbons (Fsp3) is 0.308. The monoisotopic (exact) mass is 520 g/mol. The summed E-state index contributed by atoms with van der Waals surface area (Å²) in [4.78, 5) is 10.3. The minimum atomic E-state index is -4.06. The van der Waals surface area contributed by atoms with Crippen LogP contribution in [0.4, 0.5) is 0 Å². The van der Waals surface area contributed by atoms with Crippen LogP contribution in [-0.2, 0) is 11.0 Å². The molecule has 9 heteroatoms. The molecule has 188 valence electrons. The number of halogens is 1. The Kier molecular flexibility index (Phi) is 8.26. The summed E-state index contributed by atoms with van der Waals surface area (Å²) in [7, 11) is -4.06. The van der Waals surface area contributed by atoms with E-state index in [0.717, 1.165) is 27.8 Å². The number of aryl methyl sites for hydroxylation is 2. The van der Waals surface area contributed by atoms with Crippen LogP contribution in [0.5, 0.6) is 28.7 Å². The highest BCUT2D eigenvalue weighted by molar-refractivity contribution is 7.53. The largest absolute Gasteiger partial charge is 0.508 e. The molecule has 0 radical (unpaired) electrons. The quantitative estimate of drug-likeness (QED) is 0.328. The molecule has 4 rings (SSSR count). The lowest BCUT2D eigenvalue weighted by Gasteiger charge is -2.17. The van der Waals surface area contributed by atoms with E-state index in [1.807, 2.05) is 38.1 Å². The second kappa shape index (κ2) is 10.8. The molecule has 35 heavy (non-hydrogen) atoms. The summed E-state index contributed by atoms with van der Waals surface area (Å²) >= 11 is 0. The summed E-state index contributed by atoms with van der Waals surface area (Å²) in [5.41, 5.74) is 5.21. The van der Waals surface area contributed by atoms with Crippen LogP contribution in [0.1, 0.15) is 47.6 Å². The number of phenols is 1. The van der Waals surface area contributed by atoms with Gasteiger partial charge in [0.1, 0.15) is 17.2 Å². The van der Waals surface area contributed by atoms with E-state index in [1.54, 1.807) is 18.2 Å². The van der Waals surface area contributed by atoms with Crippen molar-refractivity contribution < 1.29 is 33.3 Å². The van der Waals surface area contributed by atoms with Crippen molar-refractivity contribution in [2.24, 2.45) is 0 Å². The van der Waals surface area contributed by atoms with Crippen LogP contribution in [0.25, 0.3) is 0 Å². The van der Waals surface area contributed by atoms with Crippen LogP contribution < -0.4 is 18.7 Å². The van der Waals surface area contributed by atoms with E-state index in [1.165, 1.54) is 6.07 Å². The molecule has 0 amide bonds. The smallest absolute Gasteiger partial charge is 0.413 e. The number of aromatic hydroxyl groups is 1. The van der Waals surface area contributed by atoms with Crippen LogP contribution in [0.15, 0.2) is 48.5 Å². The van der Waals surface area contributed by atoms with E-state index in [4.69, 9.17) is 18.7 Å². The van der Waals surface area contributed by atoms with Gasteiger partial charge in [0.05, 0.1) is 0 Å². The molecule has 2 N–H and O–H groups in total. The Morgan fingerprint density at radius 1 is 0.971 bits per heavy atom. The molecule has 0 saturated heterocycles. The van der Waals surface area contributed by atoms with Crippen LogP contribution >= 0.6 is 20.0 Å².